The van der Waals surface area contributed by atoms with Crippen molar-refractivity contribution in [1.82, 2.24) is 9.29 Å². The van der Waals surface area contributed by atoms with Crippen LogP contribution in [0.4, 0.5) is 24.5 Å². The number of H-pyrrole nitrogens is 1. The topological polar surface area (TPSA) is 138 Å². The van der Waals surface area contributed by atoms with Crippen LogP contribution in [0.15, 0.2) is 66.7 Å². The normalized spacial score (nSPS) is 14.9. The number of halogens is 5. The Morgan fingerprint density at radius 3 is 2.06 bits per heavy atom. The van der Waals surface area contributed by atoms with Crippen LogP contribution in [0.1, 0.15) is 48.3 Å². The molecule has 4 aromatic rings. The van der Waals surface area contributed by atoms with E-state index in [0.29, 0.717) is 49.6 Å². The maximum absolute atomic E-state index is 13.1. The molecular formula is C32H32Cl2F3N5O4S. The fraction of sp³-hybridized carbons (Fsp3) is 0.312. The minimum atomic E-state index is -5.42. The molecule has 1 saturated heterocycles. The van der Waals surface area contributed by atoms with Crippen LogP contribution in [0.5, 0.6) is 0 Å². The number of rotatable bonds is 11. The highest BCUT2D eigenvalue weighted by Gasteiger charge is 2.50. The number of aromatic nitrogens is 1. The van der Waals surface area contributed by atoms with Gasteiger partial charge in [0.05, 0.1) is 11.2 Å². The van der Waals surface area contributed by atoms with Gasteiger partial charge in [0, 0.05) is 65.2 Å². The molecular weight excluding hydrogens is 678 g/mol. The summed E-state index contributed by atoms with van der Waals surface area (Å²) in [4.78, 5) is 14.2. The van der Waals surface area contributed by atoms with E-state index in [2.05, 4.69) is 15.6 Å². The maximum atomic E-state index is 13.1. The number of sulfonamides is 1. The summed E-state index contributed by atoms with van der Waals surface area (Å²) < 4.78 is 63.8. The number of carboxylic acid groups (broad SMARTS) is 1. The van der Waals surface area contributed by atoms with Gasteiger partial charge < -0.3 is 20.7 Å². The number of aliphatic carboxylic acids is 1. The van der Waals surface area contributed by atoms with E-state index in [1.54, 1.807) is 30.3 Å². The summed E-state index contributed by atoms with van der Waals surface area (Å²) in [6.07, 6.45) is 0.567. The Balaban J connectivity index is 1.58. The van der Waals surface area contributed by atoms with Crippen molar-refractivity contribution in [2.24, 2.45) is 0 Å². The fourth-order valence-corrected chi connectivity index (χ4v) is 7.02. The fourth-order valence-electron chi connectivity index (χ4n) is 5.79. The van der Waals surface area contributed by atoms with Crippen molar-refractivity contribution >= 4 is 61.5 Å². The van der Waals surface area contributed by atoms with Crippen molar-refractivity contribution in [3.8, 4) is 0 Å². The molecule has 250 valence electrons. The Bertz CT molecular complexity index is 1870. The van der Waals surface area contributed by atoms with E-state index in [-0.39, 0.29) is 49.8 Å². The molecule has 1 aromatic heterocycles. The summed E-state index contributed by atoms with van der Waals surface area (Å²) >= 11 is 12.4. The monoisotopic (exact) mass is 709 g/mol. The van der Waals surface area contributed by atoms with Gasteiger partial charge in [0.2, 0.25) is 0 Å². The summed E-state index contributed by atoms with van der Waals surface area (Å²) in [5.41, 5.74) is -0.853. The van der Waals surface area contributed by atoms with Gasteiger partial charge in [-0.15, -0.1) is 0 Å². The summed E-state index contributed by atoms with van der Waals surface area (Å²) in [5, 5.41) is 26.1. The van der Waals surface area contributed by atoms with Crippen LogP contribution in [-0.4, -0.2) is 60.0 Å². The largest absolute Gasteiger partial charge is 0.511 e. The van der Waals surface area contributed by atoms with Crippen LogP contribution in [0.3, 0.4) is 0 Å². The third kappa shape index (κ3) is 8.03. The Labute approximate surface area is 279 Å². The Kier molecular flexibility index (Phi) is 10.4. The van der Waals surface area contributed by atoms with Gasteiger partial charge in [-0.1, -0.05) is 47.5 Å². The molecule has 2 heterocycles. The number of fused-ring (bicyclic) bond motifs is 1. The zero-order chi connectivity index (χ0) is 33.9. The van der Waals surface area contributed by atoms with Gasteiger partial charge in [0.25, 0.3) is 0 Å². The molecule has 0 radical (unpaired) electrons. The predicted molar refractivity (Wildman–Crippen MR) is 177 cm³/mol. The molecule has 1 aliphatic rings. The Hall–Kier alpha value is -3.78. The van der Waals surface area contributed by atoms with Crippen LogP contribution >= 0.6 is 23.2 Å². The summed E-state index contributed by atoms with van der Waals surface area (Å²) in [6, 6.07) is 20.0. The van der Waals surface area contributed by atoms with Crippen LogP contribution in [0.25, 0.3) is 10.9 Å². The van der Waals surface area contributed by atoms with Gasteiger partial charge in [-0.3, -0.25) is 10.2 Å². The molecule has 0 bridgehead atoms. The molecule has 0 aliphatic carbocycles. The molecule has 0 amide bonds. The molecule has 47 heavy (non-hydrogen) atoms. The molecule has 15 heteroatoms. The SMILES string of the molecule is N=c1cc(NC2CCN(S(=O)(=O)C(F)(F)F)CC2)c2cc(C(c3ccc(Cl)cc3)c3ccc(Cl)cc3)cc(NCCCC(=O)O)c2[nH]1. The van der Waals surface area contributed by atoms with Crippen LogP contribution < -0.4 is 16.1 Å². The molecule has 3 aromatic carbocycles. The summed E-state index contributed by atoms with van der Waals surface area (Å²) in [7, 11) is -5.42. The lowest BCUT2D eigenvalue weighted by Crippen LogP contribution is -2.47. The van der Waals surface area contributed by atoms with Crippen LogP contribution in [0, 0.1) is 5.41 Å². The van der Waals surface area contributed by atoms with E-state index in [9.17, 15) is 26.4 Å². The van der Waals surface area contributed by atoms with Crippen molar-refractivity contribution in [2.45, 2.75) is 43.2 Å². The number of carbonyl (C=O) groups is 1. The summed E-state index contributed by atoms with van der Waals surface area (Å²) in [6.45, 7) is -0.273. The highest BCUT2D eigenvalue weighted by molar-refractivity contribution is 7.90. The first-order valence-electron chi connectivity index (χ1n) is 14.8. The van der Waals surface area contributed by atoms with Gasteiger partial charge in [0.15, 0.2) is 0 Å². The van der Waals surface area contributed by atoms with Crippen LogP contribution in [0.2, 0.25) is 10.0 Å². The number of hydrogen-bond acceptors (Lipinski definition) is 6. The van der Waals surface area contributed by atoms with Crippen molar-refractivity contribution in [1.29, 1.82) is 5.41 Å². The molecule has 0 saturated carbocycles. The summed E-state index contributed by atoms with van der Waals surface area (Å²) in [5.74, 6) is -1.22. The van der Waals surface area contributed by atoms with Crippen molar-refractivity contribution in [2.75, 3.05) is 30.3 Å². The number of nitrogens with one attached hydrogen (secondary N) is 4. The number of alkyl halides is 3. The highest BCUT2D eigenvalue weighted by Crippen LogP contribution is 2.39. The number of pyridine rings is 1. The second kappa shape index (κ2) is 14.1. The highest BCUT2D eigenvalue weighted by atomic mass is 35.5. The van der Waals surface area contributed by atoms with E-state index >= 15 is 0 Å². The lowest BCUT2D eigenvalue weighted by Gasteiger charge is -2.32. The predicted octanol–water partition coefficient (Wildman–Crippen LogP) is 7.14. The first-order chi connectivity index (χ1) is 22.2. The molecule has 1 fully saturated rings. The van der Waals surface area contributed by atoms with Crippen molar-refractivity contribution < 1.29 is 31.5 Å². The number of benzene rings is 3. The number of carboxylic acids is 1. The Morgan fingerprint density at radius 2 is 1.53 bits per heavy atom. The number of nitrogens with zero attached hydrogens (tertiary/aromatic N) is 1. The molecule has 0 spiro atoms. The van der Waals surface area contributed by atoms with E-state index in [0.717, 1.165) is 16.7 Å². The first kappa shape index (κ1) is 34.6. The Morgan fingerprint density at radius 1 is 0.957 bits per heavy atom. The second-order valence-electron chi connectivity index (χ2n) is 11.3. The smallest absolute Gasteiger partial charge is 0.481 e. The minimum absolute atomic E-state index is 0.0359. The second-order valence-corrected chi connectivity index (χ2v) is 14.1. The molecule has 5 rings (SSSR count). The molecule has 1 aliphatic heterocycles. The van der Waals surface area contributed by atoms with E-state index in [4.69, 9.17) is 33.7 Å². The quantitative estimate of drug-likeness (QED) is 0.0829. The first-order valence-corrected chi connectivity index (χ1v) is 17.0. The van der Waals surface area contributed by atoms with Gasteiger partial charge in [-0.05, 0) is 72.4 Å². The minimum Gasteiger partial charge on any atom is -0.481 e. The molecule has 0 atom stereocenters. The number of aromatic amines is 1. The lowest BCUT2D eigenvalue weighted by molar-refractivity contribution is -0.137. The average molecular weight is 711 g/mol. The van der Waals surface area contributed by atoms with Gasteiger partial charge in [-0.25, -0.2) is 8.42 Å². The van der Waals surface area contributed by atoms with Crippen LogP contribution in [-0.2, 0) is 14.8 Å². The van der Waals surface area contributed by atoms with E-state index < -0.39 is 21.5 Å². The third-order valence-corrected chi connectivity index (χ3v) is 10.2. The number of piperidine rings is 1. The standard InChI is InChI=1S/C32H32Cl2F3N5O4S/c33-22-7-3-19(4-8-22)30(20-5-9-23(34)10-6-20)21-16-25-26(40-24-11-14-42(15-12-24)47(45,46)32(35,36)37)18-28(38)41-31(25)27(17-21)39-13-1-2-29(43)44/h3-10,16-18,24,30,39H,1-2,11-15H2,(H,43,44)(H3,38,40,41). The number of hydrogen-bond donors (Lipinski definition) is 5. The maximum Gasteiger partial charge on any atom is 0.511 e. The number of anilines is 2. The van der Waals surface area contributed by atoms with Gasteiger partial charge in [-0.2, -0.15) is 17.5 Å². The zero-order valence-electron chi connectivity index (χ0n) is 24.9. The van der Waals surface area contributed by atoms with Gasteiger partial charge in [0.1, 0.15) is 5.49 Å². The third-order valence-electron chi connectivity index (χ3n) is 8.07. The lowest BCUT2D eigenvalue weighted by atomic mass is 9.84. The van der Waals surface area contributed by atoms with Gasteiger partial charge >= 0.3 is 21.5 Å². The van der Waals surface area contributed by atoms with E-state index in [1.165, 1.54) is 0 Å². The zero-order valence-corrected chi connectivity index (χ0v) is 27.2. The molecule has 9 nitrogen and oxygen atoms in total. The molecule has 5 N–H and O–H groups in total. The van der Waals surface area contributed by atoms with E-state index in [1.807, 2.05) is 36.4 Å². The van der Waals surface area contributed by atoms with Crippen molar-refractivity contribution in [3.63, 3.8) is 0 Å². The average Bonchev–Trinajstić information content (AvgIpc) is 3.01. The molecule has 0 unspecified atom stereocenters. The van der Waals surface area contributed by atoms with Crippen molar-refractivity contribution in [3.05, 3.63) is 99.0 Å².